The third-order valence-corrected chi connectivity index (χ3v) is 5.31. The van der Waals surface area contributed by atoms with Crippen LogP contribution in [0.4, 0.5) is 5.69 Å². The van der Waals surface area contributed by atoms with Gasteiger partial charge in [0, 0.05) is 18.1 Å². The highest BCUT2D eigenvalue weighted by Gasteiger charge is 2.20. The number of anilines is 1. The van der Waals surface area contributed by atoms with Gasteiger partial charge in [-0.25, -0.2) is 0 Å². The summed E-state index contributed by atoms with van der Waals surface area (Å²) in [6.07, 6.45) is 5.89. The highest BCUT2D eigenvalue weighted by atomic mass is 16.7. The number of amides is 1. The topological polar surface area (TPSA) is 73.9 Å². The molecule has 0 bridgehead atoms. The summed E-state index contributed by atoms with van der Waals surface area (Å²) in [6.45, 7) is 1.58. The maximum Gasteiger partial charge on any atom is 0.231 e. The van der Waals surface area contributed by atoms with Crippen LogP contribution in [-0.4, -0.2) is 24.6 Å². The van der Waals surface area contributed by atoms with E-state index in [1.807, 2.05) is 24.3 Å². The van der Waals surface area contributed by atoms with Crippen LogP contribution in [0.5, 0.6) is 17.2 Å². The minimum Gasteiger partial charge on any atom is -0.490 e. The number of ketones is 1. The minimum atomic E-state index is -0.159. The maximum atomic E-state index is 12.5. The molecule has 0 spiro atoms. The Morgan fingerprint density at radius 1 is 1.10 bits per heavy atom. The van der Waals surface area contributed by atoms with E-state index in [0.717, 1.165) is 24.2 Å². The molecular formula is C23H25NO5. The van der Waals surface area contributed by atoms with Crippen LogP contribution in [0.15, 0.2) is 36.4 Å². The summed E-state index contributed by atoms with van der Waals surface area (Å²) in [4.78, 5) is 24.4. The lowest BCUT2D eigenvalue weighted by Crippen LogP contribution is -2.15. The van der Waals surface area contributed by atoms with E-state index in [4.69, 9.17) is 14.2 Å². The second-order valence-electron chi connectivity index (χ2n) is 7.53. The van der Waals surface area contributed by atoms with Crippen molar-refractivity contribution >= 4 is 17.4 Å². The Morgan fingerprint density at radius 3 is 2.62 bits per heavy atom. The van der Waals surface area contributed by atoms with Crippen molar-refractivity contribution in [3.8, 4) is 17.2 Å². The number of carbonyl (C=O) groups excluding carboxylic acids is 2. The first kappa shape index (κ1) is 19.3. The molecular weight excluding hydrogens is 370 g/mol. The average Bonchev–Trinajstić information content (AvgIpc) is 3.37. The van der Waals surface area contributed by atoms with Crippen molar-refractivity contribution in [3.63, 3.8) is 0 Å². The fraction of sp³-hybridized carbons (Fsp3) is 0.391. The third kappa shape index (κ3) is 4.70. The Labute approximate surface area is 170 Å². The van der Waals surface area contributed by atoms with E-state index in [1.54, 1.807) is 12.1 Å². The van der Waals surface area contributed by atoms with Crippen molar-refractivity contribution in [2.45, 2.75) is 51.6 Å². The number of hydrogen-bond acceptors (Lipinski definition) is 5. The monoisotopic (exact) mass is 395 g/mol. The van der Waals surface area contributed by atoms with Crippen LogP contribution in [0.3, 0.4) is 0 Å². The van der Waals surface area contributed by atoms with Crippen LogP contribution in [0, 0.1) is 0 Å². The third-order valence-electron chi connectivity index (χ3n) is 5.31. The van der Waals surface area contributed by atoms with E-state index in [0.29, 0.717) is 41.7 Å². The van der Waals surface area contributed by atoms with Crippen LogP contribution in [0.2, 0.25) is 0 Å². The molecule has 0 atom stereocenters. The molecule has 1 saturated carbocycles. The smallest absolute Gasteiger partial charge is 0.231 e. The van der Waals surface area contributed by atoms with Gasteiger partial charge in [0.15, 0.2) is 17.3 Å². The molecule has 2 aromatic carbocycles. The van der Waals surface area contributed by atoms with Gasteiger partial charge < -0.3 is 19.5 Å². The number of ether oxygens (including phenoxy) is 3. The summed E-state index contributed by atoms with van der Waals surface area (Å²) in [6, 6.07) is 11.2. The number of rotatable bonds is 7. The summed E-state index contributed by atoms with van der Waals surface area (Å²) in [5.41, 5.74) is 1.91. The van der Waals surface area contributed by atoms with Gasteiger partial charge in [-0.1, -0.05) is 12.1 Å². The van der Waals surface area contributed by atoms with Crippen molar-refractivity contribution in [2.75, 3.05) is 12.1 Å². The lowest BCUT2D eigenvalue weighted by Gasteiger charge is -2.14. The van der Waals surface area contributed by atoms with Gasteiger partial charge in [0.25, 0.3) is 0 Å². The van der Waals surface area contributed by atoms with Gasteiger partial charge in [0.2, 0.25) is 12.7 Å². The Kier molecular flexibility index (Phi) is 5.69. The van der Waals surface area contributed by atoms with E-state index >= 15 is 0 Å². The number of carbonyl (C=O) groups is 2. The molecule has 0 radical (unpaired) electrons. The van der Waals surface area contributed by atoms with Gasteiger partial charge in [-0.2, -0.15) is 0 Å². The summed E-state index contributed by atoms with van der Waals surface area (Å²) in [7, 11) is 0. The van der Waals surface area contributed by atoms with Crippen molar-refractivity contribution in [3.05, 3.63) is 47.5 Å². The van der Waals surface area contributed by atoms with Crippen molar-refractivity contribution in [2.24, 2.45) is 0 Å². The predicted molar refractivity (Wildman–Crippen MR) is 109 cm³/mol. The number of Topliss-reactive ketones (excluding diaryl/α,β-unsaturated/α-hetero) is 1. The van der Waals surface area contributed by atoms with Crippen LogP contribution in [0.1, 0.15) is 54.9 Å². The molecule has 29 heavy (non-hydrogen) atoms. The van der Waals surface area contributed by atoms with Gasteiger partial charge in [-0.15, -0.1) is 0 Å². The second kappa shape index (κ2) is 8.55. The molecule has 1 aliphatic heterocycles. The van der Waals surface area contributed by atoms with Crippen molar-refractivity contribution in [1.82, 2.24) is 0 Å². The molecule has 6 nitrogen and oxygen atoms in total. The van der Waals surface area contributed by atoms with Crippen LogP contribution >= 0.6 is 0 Å². The molecule has 1 N–H and O–H groups in total. The lowest BCUT2D eigenvalue weighted by molar-refractivity contribution is -0.116. The molecule has 0 aromatic heterocycles. The van der Waals surface area contributed by atoms with Gasteiger partial charge in [0.05, 0.1) is 11.8 Å². The van der Waals surface area contributed by atoms with Crippen molar-refractivity contribution in [1.29, 1.82) is 0 Å². The lowest BCUT2D eigenvalue weighted by atomic mass is 10.1. The first-order chi connectivity index (χ1) is 14.1. The quantitative estimate of drug-likeness (QED) is 0.698. The summed E-state index contributed by atoms with van der Waals surface area (Å²) < 4.78 is 16.7. The summed E-state index contributed by atoms with van der Waals surface area (Å²) in [5, 5.41) is 2.84. The van der Waals surface area contributed by atoms with Crippen molar-refractivity contribution < 1.29 is 23.8 Å². The van der Waals surface area contributed by atoms with E-state index < -0.39 is 0 Å². The number of aryl methyl sites for hydroxylation is 1. The van der Waals surface area contributed by atoms with E-state index in [2.05, 4.69) is 5.32 Å². The molecule has 1 amide bonds. The Bertz CT molecular complexity index is 917. The molecule has 2 aromatic rings. The molecule has 2 aliphatic rings. The first-order valence-corrected chi connectivity index (χ1v) is 10.1. The highest BCUT2D eigenvalue weighted by Crippen LogP contribution is 2.37. The molecule has 6 heteroatoms. The highest BCUT2D eigenvalue weighted by molar-refractivity contribution is 6.04. The fourth-order valence-corrected chi connectivity index (χ4v) is 3.78. The standard InChI is InChI=1S/C23H25NO5/c1-15(25)19-12-21-22(28-14-27-21)13-20(19)24-23(26)10-9-16-5-4-8-18(11-16)29-17-6-2-3-7-17/h4-5,8,11-13,17H,2-3,6-7,9-10,14H2,1H3,(H,24,26). The minimum absolute atomic E-state index is 0.114. The molecule has 0 saturated heterocycles. The number of fused-ring (bicyclic) bond motifs is 1. The van der Waals surface area contributed by atoms with Crippen LogP contribution < -0.4 is 19.5 Å². The zero-order valence-corrected chi connectivity index (χ0v) is 16.5. The average molecular weight is 395 g/mol. The Hall–Kier alpha value is -3.02. The van der Waals surface area contributed by atoms with Gasteiger partial charge >= 0.3 is 0 Å². The number of benzene rings is 2. The number of nitrogens with one attached hydrogen (secondary N) is 1. The largest absolute Gasteiger partial charge is 0.490 e. The van der Waals surface area contributed by atoms with Gasteiger partial charge in [-0.05, 0) is 62.8 Å². The molecule has 4 rings (SSSR count). The zero-order chi connectivity index (χ0) is 20.2. The maximum absolute atomic E-state index is 12.5. The fourth-order valence-electron chi connectivity index (χ4n) is 3.78. The first-order valence-electron chi connectivity index (χ1n) is 10.1. The van der Waals surface area contributed by atoms with Crippen LogP contribution in [-0.2, 0) is 11.2 Å². The molecule has 152 valence electrons. The molecule has 1 aliphatic carbocycles. The van der Waals surface area contributed by atoms with Crippen LogP contribution in [0.25, 0.3) is 0 Å². The molecule has 1 fully saturated rings. The summed E-state index contributed by atoms with van der Waals surface area (Å²) in [5.74, 6) is 1.61. The Morgan fingerprint density at radius 2 is 1.86 bits per heavy atom. The SMILES string of the molecule is CC(=O)c1cc2c(cc1NC(=O)CCc1cccc(OC3CCCC3)c1)OCO2. The molecule has 1 heterocycles. The second-order valence-corrected chi connectivity index (χ2v) is 7.53. The molecule has 0 unspecified atom stereocenters. The van der Waals surface area contributed by atoms with Gasteiger partial charge in [0.1, 0.15) is 5.75 Å². The van der Waals surface area contributed by atoms with Gasteiger partial charge in [-0.3, -0.25) is 9.59 Å². The zero-order valence-electron chi connectivity index (χ0n) is 16.5. The normalized spacial score (nSPS) is 15.3. The number of hydrogen-bond donors (Lipinski definition) is 1. The predicted octanol–water partition coefficient (Wildman–Crippen LogP) is 4.51. The van der Waals surface area contributed by atoms with E-state index in [9.17, 15) is 9.59 Å². The van der Waals surface area contributed by atoms with E-state index in [-0.39, 0.29) is 18.5 Å². The van der Waals surface area contributed by atoms with E-state index in [1.165, 1.54) is 19.8 Å². The summed E-state index contributed by atoms with van der Waals surface area (Å²) >= 11 is 0. The Balaban J connectivity index is 1.37.